The second kappa shape index (κ2) is 6.85. The van der Waals surface area contributed by atoms with Crippen LogP contribution in [0, 0.1) is 11.8 Å². The lowest BCUT2D eigenvalue weighted by Gasteiger charge is -2.32. The molecule has 2 aliphatic rings. The molecule has 1 aliphatic carbocycles. The van der Waals surface area contributed by atoms with E-state index in [1.165, 1.54) is 43.6 Å². The molecule has 0 saturated heterocycles. The molecule has 0 bridgehead atoms. The van der Waals surface area contributed by atoms with Gasteiger partial charge in [0, 0.05) is 21.5 Å². The Morgan fingerprint density at radius 3 is 2.80 bits per heavy atom. The molecule has 3 rings (SSSR count). The number of aryl methyl sites for hydroxylation is 1. The fourth-order valence-corrected chi connectivity index (χ4v) is 6.21. The van der Waals surface area contributed by atoms with E-state index in [-0.39, 0.29) is 0 Å². The topological polar surface area (TPSA) is 12.0 Å². The van der Waals surface area contributed by atoms with Crippen molar-refractivity contribution in [3.05, 3.63) is 21.4 Å². The molecule has 0 radical (unpaired) electrons. The number of thioether (sulfide) groups is 1. The summed E-state index contributed by atoms with van der Waals surface area (Å²) in [6.45, 7) is 5.76. The Bertz CT molecular complexity index is 409. The molecule has 2 heterocycles. The zero-order chi connectivity index (χ0) is 13.9. The predicted molar refractivity (Wildman–Crippen MR) is 91.7 cm³/mol. The first-order valence-corrected chi connectivity index (χ1v) is 10.2. The summed E-state index contributed by atoms with van der Waals surface area (Å²) in [6, 6.07) is 3.14. The van der Waals surface area contributed by atoms with Crippen LogP contribution < -0.4 is 5.32 Å². The highest BCUT2D eigenvalue weighted by molar-refractivity contribution is 7.98. The van der Waals surface area contributed by atoms with Gasteiger partial charge in [0.15, 0.2) is 0 Å². The van der Waals surface area contributed by atoms with E-state index in [1.54, 1.807) is 15.3 Å². The zero-order valence-corrected chi connectivity index (χ0v) is 14.4. The summed E-state index contributed by atoms with van der Waals surface area (Å²) in [5, 5.41) is 3.80. The first-order chi connectivity index (χ1) is 9.78. The van der Waals surface area contributed by atoms with Gasteiger partial charge in [0.2, 0.25) is 0 Å². The van der Waals surface area contributed by atoms with Crippen molar-refractivity contribution in [1.82, 2.24) is 5.32 Å². The van der Waals surface area contributed by atoms with E-state index in [0.717, 1.165) is 18.4 Å². The van der Waals surface area contributed by atoms with Gasteiger partial charge >= 0.3 is 0 Å². The Morgan fingerprint density at radius 1 is 1.30 bits per heavy atom. The lowest BCUT2D eigenvalue weighted by Crippen LogP contribution is -2.30. The van der Waals surface area contributed by atoms with Gasteiger partial charge in [0.05, 0.1) is 0 Å². The van der Waals surface area contributed by atoms with Gasteiger partial charge in [-0.25, -0.2) is 0 Å². The van der Waals surface area contributed by atoms with Crippen LogP contribution in [0.15, 0.2) is 6.07 Å². The Labute approximate surface area is 131 Å². The van der Waals surface area contributed by atoms with Crippen LogP contribution in [-0.2, 0) is 12.2 Å². The second-order valence-electron chi connectivity index (χ2n) is 6.46. The summed E-state index contributed by atoms with van der Waals surface area (Å²) in [4.78, 5) is 3.30. The van der Waals surface area contributed by atoms with Crippen molar-refractivity contribution >= 4 is 23.1 Å². The van der Waals surface area contributed by atoms with Crippen LogP contribution in [0.3, 0.4) is 0 Å². The molecule has 0 spiro atoms. The van der Waals surface area contributed by atoms with Crippen LogP contribution in [0.4, 0.5) is 0 Å². The Morgan fingerprint density at radius 2 is 2.10 bits per heavy atom. The predicted octanol–water partition coefficient (Wildman–Crippen LogP) is 5.01. The van der Waals surface area contributed by atoms with Gasteiger partial charge in [-0.3, -0.25) is 0 Å². The molecule has 1 nitrogen and oxygen atoms in total. The molecule has 1 saturated carbocycles. The maximum absolute atomic E-state index is 3.80. The monoisotopic (exact) mass is 309 g/mol. The van der Waals surface area contributed by atoms with Crippen molar-refractivity contribution < 1.29 is 0 Å². The van der Waals surface area contributed by atoms with Crippen LogP contribution in [-0.4, -0.2) is 12.3 Å². The third-order valence-electron chi connectivity index (χ3n) is 4.91. The number of nitrogens with one attached hydrogen (secondary N) is 1. The molecule has 0 aromatic carbocycles. The van der Waals surface area contributed by atoms with Gasteiger partial charge in [-0.15, -0.1) is 11.3 Å². The normalized spacial score (nSPS) is 28.1. The molecule has 1 fully saturated rings. The van der Waals surface area contributed by atoms with Gasteiger partial charge in [-0.05, 0) is 55.0 Å². The summed E-state index contributed by atoms with van der Waals surface area (Å²) in [6.07, 6.45) is 6.97. The summed E-state index contributed by atoms with van der Waals surface area (Å²) in [7, 11) is 0. The first-order valence-electron chi connectivity index (χ1n) is 8.20. The molecule has 112 valence electrons. The summed E-state index contributed by atoms with van der Waals surface area (Å²) in [5.41, 5.74) is 1.63. The van der Waals surface area contributed by atoms with Gasteiger partial charge in [-0.2, -0.15) is 11.8 Å². The molecule has 20 heavy (non-hydrogen) atoms. The number of fused-ring (bicyclic) bond motifs is 1. The Kier molecular flexibility index (Phi) is 5.11. The van der Waals surface area contributed by atoms with E-state index < -0.39 is 0 Å². The maximum Gasteiger partial charge on any atom is 0.0443 e. The number of rotatable bonds is 4. The van der Waals surface area contributed by atoms with Crippen molar-refractivity contribution in [3.63, 3.8) is 0 Å². The minimum atomic E-state index is 0.619. The average molecular weight is 310 g/mol. The number of thiophene rings is 1. The fraction of sp³-hybridized carbons (Fsp3) is 0.765. The molecular weight excluding hydrogens is 282 g/mol. The largest absolute Gasteiger partial charge is 0.309 e. The highest BCUT2D eigenvalue weighted by Crippen LogP contribution is 2.41. The van der Waals surface area contributed by atoms with Crippen LogP contribution in [0.25, 0.3) is 0 Å². The molecule has 0 amide bonds. The molecular formula is C17H27NS2. The van der Waals surface area contributed by atoms with Crippen LogP contribution >= 0.6 is 23.1 Å². The number of hydrogen-bond donors (Lipinski definition) is 1. The quantitative estimate of drug-likeness (QED) is 0.838. The molecule has 1 unspecified atom stereocenters. The lowest BCUT2D eigenvalue weighted by molar-refractivity contribution is 0.235. The van der Waals surface area contributed by atoms with Crippen molar-refractivity contribution in [2.24, 2.45) is 11.8 Å². The van der Waals surface area contributed by atoms with Gasteiger partial charge < -0.3 is 5.32 Å². The summed E-state index contributed by atoms with van der Waals surface area (Å²) >= 11 is 4.20. The van der Waals surface area contributed by atoms with E-state index in [2.05, 4.69) is 48.3 Å². The molecule has 1 atom stereocenters. The van der Waals surface area contributed by atoms with Crippen molar-refractivity contribution in [2.45, 2.75) is 57.7 Å². The maximum atomic E-state index is 3.80. The highest BCUT2D eigenvalue weighted by atomic mass is 32.2. The smallest absolute Gasteiger partial charge is 0.0443 e. The van der Waals surface area contributed by atoms with Crippen molar-refractivity contribution in [2.75, 3.05) is 12.3 Å². The first kappa shape index (κ1) is 14.9. The van der Waals surface area contributed by atoms with Crippen LogP contribution in [0.5, 0.6) is 0 Å². The third-order valence-corrected chi connectivity index (χ3v) is 7.24. The Hall–Kier alpha value is 0.01000. The van der Waals surface area contributed by atoms with E-state index in [4.69, 9.17) is 0 Å². The molecule has 1 aromatic heterocycles. The molecule has 3 heteroatoms. The highest BCUT2D eigenvalue weighted by Gasteiger charge is 2.28. The van der Waals surface area contributed by atoms with E-state index in [9.17, 15) is 0 Å². The average Bonchev–Trinajstić information content (AvgIpc) is 2.89. The standard InChI is InChI=1S/C17H27NS2/c1-3-18-17(13-6-4-12(2)5-7-13)16-10-14-11-19-9-8-15(14)20-16/h10,12-13,17-18H,3-9,11H2,1-2H3. The van der Waals surface area contributed by atoms with Gasteiger partial charge in [0.25, 0.3) is 0 Å². The van der Waals surface area contributed by atoms with Gasteiger partial charge in [0.1, 0.15) is 0 Å². The molecule has 1 aliphatic heterocycles. The van der Waals surface area contributed by atoms with Crippen LogP contribution in [0.2, 0.25) is 0 Å². The Balaban J connectivity index is 1.77. The van der Waals surface area contributed by atoms with Gasteiger partial charge in [-0.1, -0.05) is 26.7 Å². The molecule has 1 N–H and O–H groups in total. The summed E-state index contributed by atoms with van der Waals surface area (Å²) < 4.78 is 0. The second-order valence-corrected chi connectivity index (χ2v) is 8.73. The number of hydrogen-bond acceptors (Lipinski definition) is 3. The third kappa shape index (κ3) is 3.26. The van der Waals surface area contributed by atoms with Crippen molar-refractivity contribution in [3.8, 4) is 0 Å². The molecule has 1 aromatic rings. The minimum absolute atomic E-state index is 0.619. The SMILES string of the molecule is CCNC(c1cc2c(s1)CCSC2)C1CCC(C)CC1. The van der Waals surface area contributed by atoms with Crippen LogP contribution in [0.1, 0.15) is 60.9 Å². The summed E-state index contributed by atoms with van der Waals surface area (Å²) in [5.74, 6) is 4.37. The lowest BCUT2D eigenvalue weighted by atomic mass is 9.79. The zero-order valence-electron chi connectivity index (χ0n) is 12.8. The van der Waals surface area contributed by atoms with E-state index in [0.29, 0.717) is 6.04 Å². The fourth-order valence-electron chi connectivity index (χ4n) is 3.66. The van der Waals surface area contributed by atoms with E-state index in [1.807, 2.05) is 0 Å². The minimum Gasteiger partial charge on any atom is -0.309 e. The van der Waals surface area contributed by atoms with Crippen molar-refractivity contribution in [1.29, 1.82) is 0 Å². The van der Waals surface area contributed by atoms with E-state index >= 15 is 0 Å².